The highest BCUT2D eigenvalue weighted by atomic mass is 79.9. The van der Waals surface area contributed by atoms with E-state index in [1.54, 1.807) is 19.1 Å². The van der Waals surface area contributed by atoms with Crippen LogP contribution in [-0.2, 0) is 13.2 Å². The Balaban J connectivity index is 2.61. The Morgan fingerprint density at radius 1 is 1.21 bits per heavy atom. The van der Waals surface area contributed by atoms with Gasteiger partial charge in [-0.1, -0.05) is 6.07 Å². The second kappa shape index (κ2) is 6.51. The zero-order valence-corrected chi connectivity index (χ0v) is 15.1. The van der Waals surface area contributed by atoms with Gasteiger partial charge >= 0.3 is 6.18 Å². The van der Waals surface area contributed by atoms with Crippen molar-refractivity contribution in [2.45, 2.75) is 20.0 Å². The number of nitrogens with zero attached hydrogens (tertiary/aromatic N) is 1. The molecule has 1 aromatic heterocycles. The van der Waals surface area contributed by atoms with Crippen molar-refractivity contribution in [3.63, 3.8) is 0 Å². The Kier molecular flexibility index (Phi) is 4.98. The van der Waals surface area contributed by atoms with E-state index in [4.69, 9.17) is 4.74 Å². The molecule has 0 saturated carbocycles. The second-order valence-corrected chi connectivity index (χ2v) is 6.18. The highest BCUT2D eigenvalue weighted by molar-refractivity contribution is 9.10. The molecule has 130 valence electrons. The molecule has 0 aliphatic rings. The van der Waals surface area contributed by atoms with Gasteiger partial charge in [0.1, 0.15) is 17.1 Å². The van der Waals surface area contributed by atoms with Crippen molar-refractivity contribution in [2.24, 2.45) is 7.05 Å². The van der Waals surface area contributed by atoms with Gasteiger partial charge < -0.3 is 14.6 Å². The van der Waals surface area contributed by atoms with Crippen LogP contribution in [0.15, 0.2) is 27.5 Å². The third-order valence-electron chi connectivity index (χ3n) is 3.77. The summed E-state index contributed by atoms with van der Waals surface area (Å²) in [4.78, 5) is 12.4. The fourth-order valence-corrected chi connectivity index (χ4v) is 2.91. The van der Waals surface area contributed by atoms with Crippen LogP contribution in [0.2, 0.25) is 0 Å². The van der Waals surface area contributed by atoms with Crippen molar-refractivity contribution in [3.05, 3.63) is 49.8 Å². The van der Waals surface area contributed by atoms with Crippen LogP contribution in [0.5, 0.6) is 5.75 Å². The molecule has 0 unspecified atom stereocenters. The summed E-state index contributed by atoms with van der Waals surface area (Å²) in [6, 6.07) is 4.47. The Morgan fingerprint density at radius 3 is 2.38 bits per heavy atom. The van der Waals surface area contributed by atoms with E-state index in [1.165, 1.54) is 7.11 Å². The predicted molar refractivity (Wildman–Crippen MR) is 90.1 cm³/mol. The van der Waals surface area contributed by atoms with Gasteiger partial charge in [0.25, 0.3) is 5.56 Å². The molecular weight excluding hydrogens is 389 g/mol. The molecule has 8 heteroatoms. The summed E-state index contributed by atoms with van der Waals surface area (Å²) in [5.41, 5.74) is 0.438. The van der Waals surface area contributed by atoms with Crippen molar-refractivity contribution in [2.75, 3.05) is 12.4 Å². The van der Waals surface area contributed by atoms with E-state index >= 15 is 0 Å². The lowest BCUT2D eigenvalue weighted by Crippen LogP contribution is -2.27. The first-order chi connectivity index (χ1) is 11.1. The van der Waals surface area contributed by atoms with E-state index in [1.807, 2.05) is 6.92 Å². The number of pyridine rings is 1. The van der Waals surface area contributed by atoms with Crippen LogP contribution in [0.4, 0.5) is 24.5 Å². The number of methoxy groups -OCH3 is 1. The maximum Gasteiger partial charge on any atom is 0.431 e. The Labute approximate surface area is 145 Å². The number of alkyl halides is 3. The third kappa shape index (κ3) is 3.28. The Morgan fingerprint density at radius 2 is 1.83 bits per heavy atom. The van der Waals surface area contributed by atoms with Gasteiger partial charge in [-0.2, -0.15) is 13.2 Å². The number of anilines is 2. The maximum atomic E-state index is 13.0. The molecule has 2 aromatic rings. The molecule has 0 fully saturated rings. The van der Waals surface area contributed by atoms with Crippen molar-refractivity contribution < 1.29 is 17.9 Å². The molecule has 24 heavy (non-hydrogen) atoms. The van der Waals surface area contributed by atoms with Gasteiger partial charge in [0.2, 0.25) is 0 Å². The lowest BCUT2D eigenvalue weighted by atomic mass is 10.1. The monoisotopic (exact) mass is 404 g/mol. The van der Waals surface area contributed by atoms with Crippen LogP contribution in [0.25, 0.3) is 0 Å². The van der Waals surface area contributed by atoms with Gasteiger partial charge in [0.05, 0.1) is 7.11 Å². The number of rotatable bonds is 3. The summed E-state index contributed by atoms with van der Waals surface area (Å²) < 4.78 is 44.8. The van der Waals surface area contributed by atoms with Gasteiger partial charge in [-0.3, -0.25) is 4.79 Å². The summed E-state index contributed by atoms with van der Waals surface area (Å²) in [5.74, 6) is 0.614. The quantitative estimate of drug-likeness (QED) is 0.816. The van der Waals surface area contributed by atoms with E-state index in [0.717, 1.165) is 24.2 Å². The Hall–Kier alpha value is -1.96. The largest absolute Gasteiger partial charge is 0.496 e. The number of ether oxygens (including phenoxy) is 1. The first-order valence-electron chi connectivity index (χ1n) is 6.95. The number of aromatic nitrogens is 1. The van der Waals surface area contributed by atoms with Crippen LogP contribution in [-0.4, -0.2) is 11.7 Å². The summed E-state index contributed by atoms with van der Waals surface area (Å²) in [7, 11) is 2.61. The molecule has 1 aromatic carbocycles. The fraction of sp³-hybridized carbons (Fsp3) is 0.312. The van der Waals surface area contributed by atoms with Crippen molar-refractivity contribution >= 4 is 27.3 Å². The predicted octanol–water partition coefficient (Wildman–Crippen LogP) is 4.54. The third-order valence-corrected chi connectivity index (χ3v) is 4.39. The molecule has 1 N–H and O–H groups in total. The molecular formula is C16H16BrF3N2O2. The number of halogens is 4. The van der Waals surface area contributed by atoms with Crippen molar-refractivity contribution in [3.8, 4) is 5.75 Å². The minimum Gasteiger partial charge on any atom is -0.496 e. The van der Waals surface area contributed by atoms with Gasteiger partial charge in [-0.05, 0) is 47.5 Å². The number of hydrogen-bond acceptors (Lipinski definition) is 3. The average Bonchev–Trinajstić information content (AvgIpc) is 2.49. The topological polar surface area (TPSA) is 43.3 Å². The summed E-state index contributed by atoms with van der Waals surface area (Å²) in [6.07, 6.45) is -4.61. The molecule has 2 rings (SSSR count). The molecule has 0 saturated heterocycles. The van der Waals surface area contributed by atoms with Crippen LogP contribution in [0, 0.1) is 13.8 Å². The number of aryl methyl sites for hydroxylation is 1. The van der Waals surface area contributed by atoms with Crippen molar-refractivity contribution in [1.82, 2.24) is 4.57 Å². The molecule has 1 heterocycles. The molecule has 0 aliphatic heterocycles. The highest BCUT2D eigenvalue weighted by Gasteiger charge is 2.35. The van der Waals surface area contributed by atoms with Crippen LogP contribution < -0.4 is 15.6 Å². The van der Waals surface area contributed by atoms with E-state index in [0.29, 0.717) is 16.0 Å². The first kappa shape index (κ1) is 18.4. The number of hydrogen-bond donors (Lipinski definition) is 1. The highest BCUT2D eigenvalue weighted by Crippen LogP contribution is 2.35. The van der Waals surface area contributed by atoms with E-state index < -0.39 is 17.4 Å². The average molecular weight is 405 g/mol. The van der Waals surface area contributed by atoms with Gasteiger partial charge in [0.15, 0.2) is 0 Å². The van der Waals surface area contributed by atoms with Gasteiger partial charge in [0, 0.05) is 22.8 Å². The first-order valence-corrected chi connectivity index (χ1v) is 7.75. The molecule has 0 bridgehead atoms. The molecule has 0 amide bonds. The van der Waals surface area contributed by atoms with E-state index in [2.05, 4.69) is 21.2 Å². The maximum absolute atomic E-state index is 13.0. The Bertz CT molecular complexity index is 845. The summed E-state index contributed by atoms with van der Waals surface area (Å²) in [6.45, 7) is 3.63. The fourth-order valence-electron chi connectivity index (χ4n) is 2.42. The zero-order chi connectivity index (χ0) is 18.2. The van der Waals surface area contributed by atoms with E-state index in [-0.39, 0.29) is 10.2 Å². The van der Waals surface area contributed by atoms with Gasteiger partial charge in [-0.25, -0.2) is 0 Å². The minimum atomic E-state index is -4.61. The SMILES string of the molecule is COc1ccc(C)c(Nc2c(Br)cc(C(F)(F)F)n(C)c2=O)c1C. The molecule has 0 atom stereocenters. The second-order valence-electron chi connectivity index (χ2n) is 5.32. The van der Waals surface area contributed by atoms with Crippen LogP contribution in [0.3, 0.4) is 0 Å². The zero-order valence-electron chi connectivity index (χ0n) is 13.5. The minimum absolute atomic E-state index is 0.0324. The summed E-state index contributed by atoms with van der Waals surface area (Å²) >= 11 is 3.06. The summed E-state index contributed by atoms with van der Waals surface area (Å²) in [5, 5.41) is 2.94. The van der Waals surface area contributed by atoms with Crippen molar-refractivity contribution in [1.29, 1.82) is 0 Å². The normalized spacial score (nSPS) is 11.5. The standard InChI is InChI=1S/C16H16BrF3N2O2/c1-8-5-6-11(24-4)9(2)13(8)21-14-10(17)7-12(16(18,19)20)22(3)15(14)23/h5-7,21H,1-4H3. The van der Waals surface area contributed by atoms with Crippen LogP contribution >= 0.6 is 15.9 Å². The lowest BCUT2D eigenvalue weighted by molar-refractivity contribution is -0.143. The smallest absolute Gasteiger partial charge is 0.431 e. The number of nitrogens with one attached hydrogen (secondary N) is 1. The van der Waals surface area contributed by atoms with Gasteiger partial charge in [-0.15, -0.1) is 0 Å². The van der Waals surface area contributed by atoms with E-state index in [9.17, 15) is 18.0 Å². The lowest BCUT2D eigenvalue weighted by Gasteiger charge is -2.18. The number of benzene rings is 1. The molecule has 0 aliphatic carbocycles. The molecule has 0 radical (unpaired) electrons. The molecule has 0 spiro atoms. The molecule has 4 nitrogen and oxygen atoms in total. The van der Waals surface area contributed by atoms with Crippen LogP contribution in [0.1, 0.15) is 16.8 Å².